The Balaban J connectivity index is 1.81. The van der Waals surface area contributed by atoms with Crippen LogP contribution in [0.1, 0.15) is 45.4 Å². The molecule has 3 rings (SSSR count). The molecule has 1 N–H and O–H groups in total. The number of rotatable bonds is 5. The van der Waals surface area contributed by atoms with Crippen LogP contribution in [0.2, 0.25) is 0 Å². The van der Waals surface area contributed by atoms with E-state index in [-0.39, 0.29) is 11.8 Å². The molecule has 0 bridgehead atoms. The molecule has 0 saturated carbocycles. The quantitative estimate of drug-likeness (QED) is 0.775. The van der Waals surface area contributed by atoms with Gasteiger partial charge in [0.15, 0.2) is 0 Å². The van der Waals surface area contributed by atoms with E-state index in [1.54, 1.807) is 12.3 Å². The molecular formula is C22H28N2O4. The maximum absolute atomic E-state index is 12.9. The van der Waals surface area contributed by atoms with Crippen LogP contribution in [0.5, 0.6) is 0 Å². The van der Waals surface area contributed by atoms with E-state index in [2.05, 4.69) is 11.9 Å². The minimum absolute atomic E-state index is 0.0346. The molecule has 1 aromatic heterocycles. The van der Waals surface area contributed by atoms with Crippen LogP contribution in [0.3, 0.4) is 0 Å². The minimum Gasteiger partial charge on any atom is -0.467 e. The van der Waals surface area contributed by atoms with E-state index in [4.69, 9.17) is 9.15 Å². The smallest absolute Gasteiger partial charge is 0.408 e. The van der Waals surface area contributed by atoms with Crippen LogP contribution in [0, 0.1) is 5.92 Å². The molecule has 6 heteroatoms. The molecule has 150 valence electrons. The van der Waals surface area contributed by atoms with Gasteiger partial charge in [0.25, 0.3) is 0 Å². The Hall–Kier alpha value is -2.76. The lowest BCUT2D eigenvalue weighted by atomic mass is 9.89. The lowest BCUT2D eigenvalue weighted by Gasteiger charge is -2.38. The van der Waals surface area contributed by atoms with Gasteiger partial charge in [0.1, 0.15) is 11.4 Å². The summed E-state index contributed by atoms with van der Waals surface area (Å²) in [5.74, 6) is 0.506. The number of nitrogens with zero attached hydrogens (tertiary/aromatic N) is 1. The van der Waals surface area contributed by atoms with Crippen LogP contribution < -0.4 is 5.32 Å². The summed E-state index contributed by atoms with van der Waals surface area (Å²) < 4.78 is 11.0. The summed E-state index contributed by atoms with van der Waals surface area (Å²) >= 11 is 0. The van der Waals surface area contributed by atoms with Crippen LogP contribution in [-0.4, -0.2) is 34.6 Å². The molecule has 2 amide bonds. The van der Waals surface area contributed by atoms with Crippen LogP contribution in [0.4, 0.5) is 4.79 Å². The Bertz CT molecular complexity index is 788. The Morgan fingerprint density at radius 1 is 1.46 bits per heavy atom. The summed E-state index contributed by atoms with van der Waals surface area (Å²) in [7, 11) is 0. The normalized spacial score (nSPS) is 25.6. The second kappa shape index (κ2) is 7.70. The first kappa shape index (κ1) is 20.0. The van der Waals surface area contributed by atoms with Gasteiger partial charge < -0.3 is 19.4 Å². The topological polar surface area (TPSA) is 71.8 Å². The van der Waals surface area contributed by atoms with Gasteiger partial charge in [-0.25, -0.2) is 4.79 Å². The predicted octanol–water partition coefficient (Wildman–Crippen LogP) is 4.13. The van der Waals surface area contributed by atoms with E-state index in [9.17, 15) is 9.59 Å². The fraction of sp³-hybridized carbons (Fsp3) is 0.455. The van der Waals surface area contributed by atoms with Gasteiger partial charge in [-0.2, -0.15) is 0 Å². The SMILES string of the molecule is C=C[C@@]1(N2C[C@H](C(NC(=O)OC(C)(C)C)c3ccco3)CC2=O)C=CC=CC1. The van der Waals surface area contributed by atoms with Gasteiger partial charge in [-0.3, -0.25) is 4.79 Å². The Morgan fingerprint density at radius 2 is 2.25 bits per heavy atom. The van der Waals surface area contributed by atoms with Gasteiger partial charge in [0, 0.05) is 18.9 Å². The molecule has 1 saturated heterocycles. The van der Waals surface area contributed by atoms with Crippen molar-refractivity contribution in [2.75, 3.05) is 6.54 Å². The van der Waals surface area contributed by atoms with Crippen molar-refractivity contribution in [1.82, 2.24) is 10.2 Å². The van der Waals surface area contributed by atoms with Gasteiger partial charge in [-0.15, -0.1) is 6.58 Å². The van der Waals surface area contributed by atoms with Crippen molar-refractivity contribution in [3.63, 3.8) is 0 Å². The summed E-state index contributed by atoms with van der Waals surface area (Å²) in [6.07, 6.45) is 11.8. The number of ether oxygens (including phenoxy) is 1. The number of furan rings is 1. The summed E-state index contributed by atoms with van der Waals surface area (Å²) in [6, 6.07) is 3.12. The van der Waals surface area contributed by atoms with E-state index in [1.165, 1.54) is 0 Å². The molecule has 1 unspecified atom stereocenters. The first-order valence-electron chi connectivity index (χ1n) is 9.55. The first-order valence-corrected chi connectivity index (χ1v) is 9.55. The molecule has 6 nitrogen and oxygen atoms in total. The number of allylic oxidation sites excluding steroid dienone is 2. The monoisotopic (exact) mass is 384 g/mol. The van der Waals surface area contributed by atoms with Crippen molar-refractivity contribution < 1.29 is 18.7 Å². The second-order valence-corrected chi connectivity index (χ2v) is 8.29. The van der Waals surface area contributed by atoms with Crippen molar-refractivity contribution in [2.24, 2.45) is 5.92 Å². The summed E-state index contributed by atoms with van der Waals surface area (Å²) in [5.41, 5.74) is -1.14. The predicted molar refractivity (Wildman–Crippen MR) is 106 cm³/mol. The number of nitrogens with one attached hydrogen (secondary N) is 1. The molecule has 0 aromatic carbocycles. The number of alkyl carbamates (subject to hydrolysis) is 1. The van der Waals surface area contributed by atoms with Crippen molar-refractivity contribution in [3.8, 4) is 0 Å². The van der Waals surface area contributed by atoms with Crippen molar-refractivity contribution in [1.29, 1.82) is 0 Å². The maximum atomic E-state index is 12.9. The number of amides is 2. The van der Waals surface area contributed by atoms with Gasteiger partial charge in [0.05, 0.1) is 17.8 Å². The average molecular weight is 384 g/mol. The molecule has 2 heterocycles. The number of hydrogen-bond acceptors (Lipinski definition) is 4. The largest absolute Gasteiger partial charge is 0.467 e. The highest BCUT2D eigenvalue weighted by Crippen LogP contribution is 2.38. The van der Waals surface area contributed by atoms with E-state index in [0.29, 0.717) is 25.1 Å². The lowest BCUT2D eigenvalue weighted by Crippen LogP contribution is -2.47. The highest BCUT2D eigenvalue weighted by Gasteiger charge is 2.45. The van der Waals surface area contributed by atoms with Crippen molar-refractivity contribution in [2.45, 2.75) is 50.8 Å². The first-order chi connectivity index (χ1) is 13.2. The Kier molecular flexibility index (Phi) is 5.49. The summed E-state index contributed by atoms with van der Waals surface area (Å²) in [4.78, 5) is 27.1. The summed E-state index contributed by atoms with van der Waals surface area (Å²) in [5, 5.41) is 2.90. The fourth-order valence-corrected chi connectivity index (χ4v) is 3.77. The second-order valence-electron chi connectivity index (χ2n) is 8.29. The van der Waals surface area contributed by atoms with Gasteiger partial charge >= 0.3 is 6.09 Å². The van der Waals surface area contributed by atoms with Crippen LogP contribution in [-0.2, 0) is 9.53 Å². The zero-order chi connectivity index (χ0) is 20.4. The highest BCUT2D eigenvalue weighted by molar-refractivity contribution is 5.81. The van der Waals surface area contributed by atoms with Crippen LogP contribution in [0.25, 0.3) is 0 Å². The molecule has 2 aliphatic rings. The maximum Gasteiger partial charge on any atom is 0.408 e. The van der Waals surface area contributed by atoms with Crippen LogP contribution in [0.15, 0.2) is 59.8 Å². The molecule has 0 radical (unpaired) electrons. The Morgan fingerprint density at radius 3 is 2.82 bits per heavy atom. The average Bonchev–Trinajstić information content (AvgIpc) is 3.29. The van der Waals surface area contributed by atoms with E-state index < -0.39 is 23.3 Å². The van der Waals surface area contributed by atoms with E-state index >= 15 is 0 Å². The molecule has 1 aromatic rings. The highest BCUT2D eigenvalue weighted by atomic mass is 16.6. The number of likely N-dealkylation sites (tertiary alicyclic amines) is 1. The molecular weight excluding hydrogens is 356 g/mol. The molecule has 28 heavy (non-hydrogen) atoms. The number of carbonyl (C=O) groups excluding carboxylic acids is 2. The molecule has 3 atom stereocenters. The Labute approximate surface area is 165 Å². The van der Waals surface area contributed by atoms with E-state index in [1.807, 2.05) is 62.1 Å². The lowest BCUT2D eigenvalue weighted by molar-refractivity contribution is -0.130. The minimum atomic E-state index is -0.610. The van der Waals surface area contributed by atoms with Crippen molar-refractivity contribution in [3.05, 3.63) is 61.1 Å². The third-order valence-electron chi connectivity index (χ3n) is 5.08. The number of carbonyl (C=O) groups is 2. The van der Waals surface area contributed by atoms with Gasteiger partial charge in [0.2, 0.25) is 5.91 Å². The molecule has 1 aliphatic carbocycles. The van der Waals surface area contributed by atoms with Gasteiger partial charge in [-0.1, -0.05) is 30.4 Å². The standard InChI is InChI=1S/C22H28N2O4/c1-5-22(11-7-6-8-12-22)24-15-16(14-18(24)25)19(17-10-9-13-27-17)23-20(26)28-21(2,3)4/h5-11,13,16,19H,1,12,14-15H2,2-4H3,(H,23,26)/t16-,19?,22-/m1/s1. The van der Waals surface area contributed by atoms with Crippen LogP contribution >= 0.6 is 0 Å². The zero-order valence-corrected chi connectivity index (χ0v) is 16.7. The molecule has 0 spiro atoms. The molecule has 1 aliphatic heterocycles. The van der Waals surface area contributed by atoms with E-state index in [0.717, 1.165) is 0 Å². The number of hydrogen-bond donors (Lipinski definition) is 1. The summed E-state index contributed by atoms with van der Waals surface area (Å²) in [6.45, 7) is 9.88. The third-order valence-corrected chi connectivity index (χ3v) is 5.08. The fourth-order valence-electron chi connectivity index (χ4n) is 3.77. The third kappa shape index (κ3) is 4.21. The zero-order valence-electron chi connectivity index (χ0n) is 16.7. The molecule has 1 fully saturated rings. The van der Waals surface area contributed by atoms with Gasteiger partial charge in [-0.05, 0) is 39.3 Å². The van der Waals surface area contributed by atoms with Crippen molar-refractivity contribution >= 4 is 12.0 Å².